The van der Waals surface area contributed by atoms with Crippen molar-refractivity contribution in [1.29, 1.82) is 0 Å². The lowest BCUT2D eigenvalue weighted by Crippen LogP contribution is -2.07. The molecule has 0 aliphatic rings. The molecule has 0 saturated heterocycles. The molecule has 0 fully saturated rings. The normalized spacial score (nSPS) is 11.2. The van der Waals surface area contributed by atoms with Crippen LogP contribution >= 0.6 is 11.6 Å². The Balaban J connectivity index is 1.55. The molecule has 138 valence electrons. The second-order valence-corrected chi connectivity index (χ2v) is 6.58. The molecule has 0 saturated carbocycles. The number of aromatic amines is 1. The van der Waals surface area contributed by atoms with Gasteiger partial charge in [-0.2, -0.15) is 0 Å². The fourth-order valence-electron chi connectivity index (χ4n) is 2.99. The number of halogens is 1. The topological polar surface area (TPSA) is 90.1 Å². The fourth-order valence-corrected chi connectivity index (χ4v) is 3.18. The summed E-state index contributed by atoms with van der Waals surface area (Å²) in [5.74, 6) is 1.55. The van der Waals surface area contributed by atoms with Gasteiger partial charge in [-0.25, -0.2) is 14.8 Å². The van der Waals surface area contributed by atoms with Crippen molar-refractivity contribution in [2.75, 3.05) is 0 Å². The third-order valence-electron chi connectivity index (χ3n) is 4.36. The van der Waals surface area contributed by atoms with Crippen LogP contribution in [0, 0.1) is 0 Å². The predicted octanol–water partition coefficient (Wildman–Crippen LogP) is 3.29. The second kappa shape index (κ2) is 7.71. The van der Waals surface area contributed by atoms with Crippen LogP contribution in [-0.2, 0) is 13.0 Å². The van der Waals surface area contributed by atoms with Gasteiger partial charge in [0.15, 0.2) is 5.82 Å². The number of nitrogens with one attached hydrogen (secondary N) is 1. The molecule has 4 rings (SSSR count). The SMILES string of the molecule is CCCCc1nc(Cl)nn1Cc1ccc(-n2cccc2-c2nnn[nH]2)cc1. The lowest BCUT2D eigenvalue weighted by Gasteiger charge is -2.09. The first-order chi connectivity index (χ1) is 13.2. The monoisotopic (exact) mass is 382 g/mol. The summed E-state index contributed by atoms with van der Waals surface area (Å²) in [5.41, 5.74) is 3.06. The number of nitrogens with zero attached hydrogens (tertiary/aromatic N) is 7. The molecule has 0 aliphatic carbocycles. The van der Waals surface area contributed by atoms with E-state index in [1.165, 1.54) is 0 Å². The van der Waals surface area contributed by atoms with Crippen molar-refractivity contribution >= 4 is 11.6 Å². The van der Waals surface area contributed by atoms with E-state index in [1.54, 1.807) is 0 Å². The van der Waals surface area contributed by atoms with E-state index in [4.69, 9.17) is 11.6 Å². The standard InChI is InChI=1S/C18H19ClN8/c1-2-3-6-16-20-18(19)23-27(16)12-13-7-9-14(10-8-13)26-11-4-5-15(26)17-21-24-25-22-17/h4-5,7-11H,2-3,6,12H2,1H3,(H,21,22,24,25). The quantitative estimate of drug-likeness (QED) is 0.529. The molecule has 0 amide bonds. The Morgan fingerprint density at radius 2 is 2.00 bits per heavy atom. The third-order valence-corrected chi connectivity index (χ3v) is 4.52. The molecule has 1 aromatic carbocycles. The molecule has 0 aliphatic heterocycles. The van der Waals surface area contributed by atoms with Crippen molar-refractivity contribution < 1.29 is 0 Å². The Morgan fingerprint density at radius 1 is 1.15 bits per heavy atom. The highest BCUT2D eigenvalue weighted by Gasteiger charge is 2.11. The molecule has 4 aromatic rings. The number of rotatable bonds is 7. The molecule has 0 radical (unpaired) electrons. The number of benzene rings is 1. The minimum atomic E-state index is 0.301. The zero-order valence-electron chi connectivity index (χ0n) is 14.9. The Morgan fingerprint density at radius 3 is 2.74 bits per heavy atom. The highest BCUT2D eigenvalue weighted by Crippen LogP contribution is 2.21. The van der Waals surface area contributed by atoms with Crippen LogP contribution in [0.5, 0.6) is 0 Å². The summed E-state index contributed by atoms with van der Waals surface area (Å²) >= 11 is 6.00. The van der Waals surface area contributed by atoms with Crippen molar-refractivity contribution in [3.05, 3.63) is 59.3 Å². The van der Waals surface area contributed by atoms with E-state index < -0.39 is 0 Å². The molecule has 0 bridgehead atoms. The molecule has 27 heavy (non-hydrogen) atoms. The number of H-pyrrole nitrogens is 1. The van der Waals surface area contributed by atoms with Gasteiger partial charge >= 0.3 is 0 Å². The van der Waals surface area contributed by atoms with Crippen LogP contribution in [0.3, 0.4) is 0 Å². The summed E-state index contributed by atoms with van der Waals surface area (Å²) in [5, 5.41) is 18.7. The summed E-state index contributed by atoms with van der Waals surface area (Å²) in [6.07, 6.45) is 5.04. The highest BCUT2D eigenvalue weighted by molar-refractivity contribution is 6.28. The molecule has 0 unspecified atom stereocenters. The van der Waals surface area contributed by atoms with Crippen LogP contribution in [0.2, 0.25) is 5.28 Å². The first-order valence-electron chi connectivity index (χ1n) is 8.84. The van der Waals surface area contributed by atoms with E-state index in [1.807, 2.05) is 27.6 Å². The van der Waals surface area contributed by atoms with E-state index in [0.717, 1.165) is 42.0 Å². The largest absolute Gasteiger partial charge is 0.314 e. The first kappa shape index (κ1) is 17.4. The summed E-state index contributed by atoms with van der Waals surface area (Å²) < 4.78 is 3.92. The predicted molar refractivity (Wildman–Crippen MR) is 102 cm³/mol. The van der Waals surface area contributed by atoms with Crippen LogP contribution in [-0.4, -0.2) is 40.0 Å². The maximum absolute atomic E-state index is 6.00. The summed E-state index contributed by atoms with van der Waals surface area (Å²) in [7, 11) is 0. The summed E-state index contributed by atoms with van der Waals surface area (Å²) in [6.45, 7) is 2.80. The Hall–Kier alpha value is -3.00. The van der Waals surface area contributed by atoms with Crippen LogP contribution < -0.4 is 0 Å². The molecule has 3 heterocycles. The van der Waals surface area contributed by atoms with Crippen molar-refractivity contribution in [3.63, 3.8) is 0 Å². The van der Waals surface area contributed by atoms with Gasteiger partial charge in [0.2, 0.25) is 5.28 Å². The molecule has 9 heteroatoms. The minimum Gasteiger partial charge on any atom is -0.314 e. The van der Waals surface area contributed by atoms with Gasteiger partial charge in [-0.05, 0) is 58.3 Å². The molecule has 3 aromatic heterocycles. The van der Waals surface area contributed by atoms with Crippen LogP contribution in [0.1, 0.15) is 31.2 Å². The zero-order valence-corrected chi connectivity index (χ0v) is 15.6. The van der Waals surface area contributed by atoms with Crippen molar-refractivity contribution in [1.82, 2.24) is 40.0 Å². The minimum absolute atomic E-state index is 0.301. The van der Waals surface area contributed by atoms with Gasteiger partial charge in [-0.1, -0.05) is 25.5 Å². The van der Waals surface area contributed by atoms with Gasteiger partial charge in [0.1, 0.15) is 5.82 Å². The van der Waals surface area contributed by atoms with Crippen molar-refractivity contribution in [2.45, 2.75) is 32.7 Å². The van der Waals surface area contributed by atoms with E-state index in [0.29, 0.717) is 17.7 Å². The lowest BCUT2D eigenvalue weighted by atomic mass is 10.2. The van der Waals surface area contributed by atoms with Gasteiger partial charge in [-0.3, -0.25) is 0 Å². The lowest BCUT2D eigenvalue weighted by molar-refractivity contribution is 0.618. The number of unbranched alkanes of at least 4 members (excludes halogenated alkanes) is 1. The van der Waals surface area contributed by atoms with Gasteiger partial charge in [-0.15, -0.1) is 10.2 Å². The van der Waals surface area contributed by atoms with Gasteiger partial charge in [0.05, 0.1) is 12.2 Å². The second-order valence-electron chi connectivity index (χ2n) is 6.24. The third kappa shape index (κ3) is 3.75. The molecule has 8 nitrogen and oxygen atoms in total. The van der Waals surface area contributed by atoms with E-state index in [-0.39, 0.29) is 0 Å². The number of hydrogen-bond donors (Lipinski definition) is 1. The zero-order chi connectivity index (χ0) is 18.6. The van der Waals surface area contributed by atoms with Gasteiger partial charge in [0.25, 0.3) is 0 Å². The summed E-state index contributed by atoms with van der Waals surface area (Å²) in [4.78, 5) is 4.33. The van der Waals surface area contributed by atoms with Gasteiger partial charge < -0.3 is 4.57 Å². The number of aryl methyl sites for hydroxylation is 1. The molecule has 1 N–H and O–H groups in total. The molecule has 0 spiro atoms. The maximum Gasteiger partial charge on any atom is 0.242 e. The number of tetrazole rings is 1. The average molecular weight is 383 g/mol. The fraction of sp³-hybridized carbons (Fsp3) is 0.278. The van der Waals surface area contributed by atoms with Crippen LogP contribution in [0.15, 0.2) is 42.6 Å². The Kier molecular flexibility index (Phi) is 4.97. The van der Waals surface area contributed by atoms with Crippen LogP contribution in [0.4, 0.5) is 0 Å². The van der Waals surface area contributed by atoms with E-state index in [9.17, 15) is 0 Å². The maximum atomic E-state index is 6.00. The van der Waals surface area contributed by atoms with E-state index >= 15 is 0 Å². The first-order valence-corrected chi connectivity index (χ1v) is 9.22. The Bertz CT molecular complexity index is 1000. The van der Waals surface area contributed by atoms with E-state index in [2.05, 4.69) is 61.9 Å². The molecular weight excluding hydrogens is 364 g/mol. The highest BCUT2D eigenvalue weighted by atomic mass is 35.5. The smallest absolute Gasteiger partial charge is 0.242 e. The number of aromatic nitrogens is 8. The molecule has 0 atom stereocenters. The van der Waals surface area contributed by atoms with Crippen molar-refractivity contribution in [2.24, 2.45) is 0 Å². The summed E-state index contributed by atoms with van der Waals surface area (Å²) in [6, 6.07) is 12.2. The average Bonchev–Trinajstić information content (AvgIpc) is 3.41. The van der Waals surface area contributed by atoms with Crippen molar-refractivity contribution in [3.8, 4) is 17.2 Å². The Labute approximate surface area is 161 Å². The van der Waals surface area contributed by atoms with Gasteiger partial charge in [0, 0.05) is 18.3 Å². The van der Waals surface area contributed by atoms with Crippen LogP contribution in [0.25, 0.3) is 17.2 Å². The molecular formula is C18H19ClN8. The number of hydrogen-bond acceptors (Lipinski definition) is 5.